The van der Waals surface area contributed by atoms with Gasteiger partial charge in [-0.15, -0.1) is 0 Å². The van der Waals surface area contributed by atoms with Gasteiger partial charge in [-0.3, -0.25) is 9.69 Å². The maximum Gasteiger partial charge on any atom is 0.260 e. The number of amides is 1. The first-order chi connectivity index (χ1) is 14.2. The van der Waals surface area contributed by atoms with Crippen LogP contribution in [0.2, 0.25) is 0 Å². The smallest absolute Gasteiger partial charge is 0.260 e. The molecule has 2 unspecified atom stereocenters. The Labute approximate surface area is 179 Å². The molecule has 0 aliphatic carbocycles. The summed E-state index contributed by atoms with van der Waals surface area (Å²) in [5.74, 6) is 0.940. The van der Waals surface area contributed by atoms with Gasteiger partial charge in [-0.25, -0.2) is 4.39 Å². The summed E-state index contributed by atoms with van der Waals surface area (Å²) in [6.07, 6.45) is 0. The van der Waals surface area contributed by atoms with E-state index in [1.807, 2.05) is 30.0 Å². The van der Waals surface area contributed by atoms with Crippen LogP contribution in [0, 0.1) is 12.7 Å². The third-order valence-corrected chi connectivity index (χ3v) is 5.88. The summed E-state index contributed by atoms with van der Waals surface area (Å²) in [6, 6.07) is 13.1. The predicted octanol–water partition coefficient (Wildman–Crippen LogP) is 4.76. The van der Waals surface area contributed by atoms with Crippen molar-refractivity contribution in [1.29, 1.82) is 0 Å². The van der Waals surface area contributed by atoms with Gasteiger partial charge in [-0.05, 0) is 61.6 Å². The van der Waals surface area contributed by atoms with E-state index in [1.165, 1.54) is 12.1 Å². The molecule has 1 aliphatic rings. The zero-order valence-electron chi connectivity index (χ0n) is 18.7. The van der Waals surface area contributed by atoms with Crippen molar-refractivity contribution in [2.24, 2.45) is 0 Å². The first-order valence-corrected chi connectivity index (χ1v) is 10.8. The van der Waals surface area contributed by atoms with Crippen LogP contribution < -0.4 is 4.74 Å². The Hall–Kier alpha value is -2.40. The Bertz CT molecular complexity index is 866. The van der Waals surface area contributed by atoms with E-state index >= 15 is 0 Å². The van der Waals surface area contributed by atoms with Crippen LogP contribution >= 0.6 is 0 Å². The molecule has 0 aromatic heterocycles. The van der Waals surface area contributed by atoms with Crippen molar-refractivity contribution in [2.45, 2.75) is 59.2 Å². The number of carbonyl (C=O) groups is 1. The minimum Gasteiger partial charge on any atom is -0.483 e. The van der Waals surface area contributed by atoms with Gasteiger partial charge < -0.3 is 9.64 Å². The summed E-state index contributed by atoms with van der Waals surface area (Å²) in [5, 5.41) is 0. The van der Waals surface area contributed by atoms with Crippen LogP contribution in [0.1, 0.15) is 50.3 Å². The molecule has 1 amide bonds. The molecule has 1 heterocycles. The number of hydrogen-bond donors (Lipinski definition) is 0. The molecule has 162 valence electrons. The molecule has 2 aromatic carbocycles. The Balaban J connectivity index is 1.60. The standard InChI is InChI=1S/C25H33FN2O2/c1-17(2)23-11-6-18(3)12-24(23)30-16-25(29)28-14-19(4)27(13-20(28)5)15-21-7-9-22(26)10-8-21/h6-12,17,19-20H,13-16H2,1-5H3. The monoisotopic (exact) mass is 412 g/mol. The molecule has 2 aromatic rings. The number of aryl methyl sites for hydroxylation is 1. The molecule has 3 rings (SSSR count). The van der Waals surface area contributed by atoms with E-state index in [-0.39, 0.29) is 30.4 Å². The minimum atomic E-state index is -0.218. The second-order valence-corrected chi connectivity index (χ2v) is 8.78. The highest BCUT2D eigenvalue weighted by molar-refractivity contribution is 5.78. The van der Waals surface area contributed by atoms with Gasteiger partial charge in [-0.1, -0.05) is 38.1 Å². The van der Waals surface area contributed by atoms with Gasteiger partial charge in [0.15, 0.2) is 6.61 Å². The van der Waals surface area contributed by atoms with E-state index in [0.717, 1.165) is 35.5 Å². The first-order valence-electron chi connectivity index (χ1n) is 10.8. The molecular weight excluding hydrogens is 379 g/mol. The Kier molecular flexibility index (Phi) is 7.14. The van der Waals surface area contributed by atoms with Crippen LogP contribution in [0.5, 0.6) is 5.75 Å². The summed E-state index contributed by atoms with van der Waals surface area (Å²) >= 11 is 0. The fraction of sp³-hybridized carbons (Fsp3) is 0.480. The topological polar surface area (TPSA) is 32.8 Å². The second-order valence-electron chi connectivity index (χ2n) is 8.78. The van der Waals surface area contributed by atoms with Crippen LogP contribution in [-0.2, 0) is 11.3 Å². The maximum atomic E-state index is 13.2. The SMILES string of the molecule is Cc1ccc(C(C)C)c(OCC(=O)N2CC(C)N(Cc3ccc(F)cc3)CC2C)c1. The molecule has 5 heteroatoms. The molecule has 0 radical (unpaired) electrons. The van der Waals surface area contributed by atoms with E-state index < -0.39 is 0 Å². The second kappa shape index (κ2) is 9.61. The van der Waals surface area contributed by atoms with Gasteiger partial charge >= 0.3 is 0 Å². The van der Waals surface area contributed by atoms with Crippen LogP contribution in [-0.4, -0.2) is 47.5 Å². The van der Waals surface area contributed by atoms with Crippen molar-refractivity contribution < 1.29 is 13.9 Å². The quantitative estimate of drug-likeness (QED) is 0.686. The van der Waals surface area contributed by atoms with Crippen LogP contribution in [0.3, 0.4) is 0 Å². The van der Waals surface area contributed by atoms with Gasteiger partial charge in [0.2, 0.25) is 0 Å². The number of nitrogens with zero attached hydrogens (tertiary/aromatic N) is 2. The van der Waals surface area contributed by atoms with Gasteiger partial charge in [0.1, 0.15) is 11.6 Å². The predicted molar refractivity (Wildman–Crippen MR) is 118 cm³/mol. The largest absolute Gasteiger partial charge is 0.483 e. The van der Waals surface area contributed by atoms with Crippen molar-refractivity contribution in [3.8, 4) is 5.75 Å². The number of benzene rings is 2. The highest BCUT2D eigenvalue weighted by Crippen LogP contribution is 2.28. The summed E-state index contributed by atoms with van der Waals surface area (Å²) in [5.41, 5.74) is 3.33. The van der Waals surface area contributed by atoms with Crippen molar-refractivity contribution in [3.05, 3.63) is 65.0 Å². The summed E-state index contributed by atoms with van der Waals surface area (Å²) in [4.78, 5) is 17.2. The molecular formula is C25H33FN2O2. The fourth-order valence-corrected chi connectivity index (χ4v) is 4.06. The van der Waals surface area contributed by atoms with E-state index in [9.17, 15) is 9.18 Å². The van der Waals surface area contributed by atoms with Crippen LogP contribution in [0.4, 0.5) is 4.39 Å². The average Bonchev–Trinajstić information content (AvgIpc) is 2.70. The normalized spacial score (nSPS) is 19.9. The number of carbonyl (C=O) groups excluding carboxylic acids is 1. The van der Waals surface area contributed by atoms with Crippen LogP contribution in [0.25, 0.3) is 0 Å². The third-order valence-electron chi connectivity index (χ3n) is 5.88. The van der Waals surface area contributed by atoms with E-state index in [1.54, 1.807) is 0 Å². The number of ether oxygens (including phenoxy) is 1. The molecule has 30 heavy (non-hydrogen) atoms. The van der Waals surface area contributed by atoms with Gasteiger partial charge in [0, 0.05) is 31.7 Å². The van der Waals surface area contributed by atoms with Crippen molar-refractivity contribution >= 4 is 5.91 Å². The Morgan fingerprint density at radius 3 is 2.47 bits per heavy atom. The van der Waals surface area contributed by atoms with Crippen molar-refractivity contribution in [3.63, 3.8) is 0 Å². The van der Waals surface area contributed by atoms with Crippen LogP contribution in [0.15, 0.2) is 42.5 Å². The zero-order valence-corrected chi connectivity index (χ0v) is 18.7. The van der Waals surface area contributed by atoms with E-state index in [0.29, 0.717) is 12.5 Å². The lowest BCUT2D eigenvalue weighted by molar-refractivity contribution is -0.139. The molecule has 1 saturated heterocycles. The van der Waals surface area contributed by atoms with Crippen molar-refractivity contribution in [2.75, 3.05) is 19.7 Å². The number of piperazine rings is 1. The van der Waals surface area contributed by atoms with Gasteiger partial charge in [0.05, 0.1) is 0 Å². The lowest BCUT2D eigenvalue weighted by atomic mass is 10.0. The minimum absolute atomic E-state index is 0.0204. The summed E-state index contributed by atoms with van der Waals surface area (Å²) in [6.45, 7) is 12.8. The Morgan fingerprint density at radius 1 is 1.10 bits per heavy atom. The molecule has 0 spiro atoms. The molecule has 0 N–H and O–H groups in total. The van der Waals surface area contributed by atoms with E-state index in [4.69, 9.17) is 4.74 Å². The molecule has 1 fully saturated rings. The first kappa shape index (κ1) is 22.3. The fourth-order valence-electron chi connectivity index (χ4n) is 4.06. The molecule has 2 atom stereocenters. The number of hydrogen-bond acceptors (Lipinski definition) is 3. The maximum absolute atomic E-state index is 13.2. The van der Waals surface area contributed by atoms with E-state index in [2.05, 4.69) is 44.7 Å². The molecule has 4 nitrogen and oxygen atoms in total. The number of halogens is 1. The highest BCUT2D eigenvalue weighted by atomic mass is 19.1. The van der Waals surface area contributed by atoms with Gasteiger partial charge in [-0.2, -0.15) is 0 Å². The third kappa shape index (κ3) is 5.39. The van der Waals surface area contributed by atoms with Crippen molar-refractivity contribution in [1.82, 2.24) is 9.80 Å². The molecule has 0 bridgehead atoms. The number of rotatable bonds is 6. The lowest BCUT2D eigenvalue weighted by Crippen LogP contribution is -2.58. The Morgan fingerprint density at radius 2 is 1.80 bits per heavy atom. The highest BCUT2D eigenvalue weighted by Gasteiger charge is 2.32. The zero-order chi connectivity index (χ0) is 21.8. The lowest BCUT2D eigenvalue weighted by Gasteiger charge is -2.44. The van der Waals surface area contributed by atoms with Gasteiger partial charge in [0.25, 0.3) is 5.91 Å². The molecule has 0 saturated carbocycles. The molecule has 1 aliphatic heterocycles. The average molecular weight is 413 g/mol. The summed E-state index contributed by atoms with van der Waals surface area (Å²) < 4.78 is 19.1. The summed E-state index contributed by atoms with van der Waals surface area (Å²) in [7, 11) is 0.